The van der Waals surface area contributed by atoms with Crippen LogP contribution in [0.15, 0.2) is 16.6 Å². The van der Waals surface area contributed by atoms with Crippen LogP contribution in [0.5, 0.6) is 0 Å². The number of hydrogen-bond acceptors (Lipinski definition) is 1. The number of amides is 1. The number of carbonyl (C=O) groups is 1. The molecular weight excluding hydrogens is 278 g/mol. The predicted molar refractivity (Wildman–Crippen MR) is 74.2 cm³/mol. The van der Waals surface area contributed by atoms with Crippen LogP contribution < -0.4 is 5.32 Å². The minimum absolute atomic E-state index is 0.149. The smallest absolute Gasteiger partial charge is 0.224 e. The van der Waals surface area contributed by atoms with Gasteiger partial charge in [0.1, 0.15) is 0 Å². The minimum atomic E-state index is 0.149. The lowest BCUT2D eigenvalue weighted by Gasteiger charge is -2.24. The summed E-state index contributed by atoms with van der Waals surface area (Å²) in [6.45, 7) is 4.08. The van der Waals surface area contributed by atoms with Crippen LogP contribution in [0.25, 0.3) is 0 Å². The highest BCUT2D eigenvalue weighted by molar-refractivity contribution is 9.10. The normalized spacial score (nSPS) is 15.5. The van der Waals surface area contributed by atoms with E-state index in [0.717, 1.165) is 21.3 Å². The first kappa shape index (κ1) is 12.6. The monoisotopic (exact) mass is 295 g/mol. The summed E-state index contributed by atoms with van der Waals surface area (Å²) in [5, 5.41) is 2.99. The molecule has 3 heteroatoms. The van der Waals surface area contributed by atoms with Crippen molar-refractivity contribution in [2.45, 2.75) is 39.5 Å². The van der Waals surface area contributed by atoms with E-state index in [1.165, 1.54) is 19.3 Å². The molecule has 0 heterocycles. The molecule has 0 aromatic heterocycles. The molecule has 0 spiro atoms. The van der Waals surface area contributed by atoms with Crippen molar-refractivity contribution in [2.75, 3.05) is 5.32 Å². The van der Waals surface area contributed by atoms with Gasteiger partial charge < -0.3 is 5.32 Å². The highest BCUT2D eigenvalue weighted by Crippen LogP contribution is 2.30. The molecule has 0 atom stereocenters. The summed E-state index contributed by atoms with van der Waals surface area (Å²) in [4.78, 5) is 11.8. The summed E-state index contributed by atoms with van der Waals surface area (Å²) < 4.78 is 1.12. The Morgan fingerprint density at radius 1 is 1.35 bits per heavy atom. The molecule has 0 radical (unpaired) electrons. The SMILES string of the molecule is Cc1cc(NC(=O)CC2CCC2)cc(C)c1Br. The molecule has 1 aromatic carbocycles. The largest absolute Gasteiger partial charge is 0.326 e. The molecule has 0 aliphatic heterocycles. The van der Waals surface area contributed by atoms with Gasteiger partial charge in [-0.3, -0.25) is 4.79 Å². The maximum Gasteiger partial charge on any atom is 0.224 e. The summed E-state index contributed by atoms with van der Waals surface area (Å²) >= 11 is 3.53. The average molecular weight is 296 g/mol. The number of halogens is 1. The van der Waals surface area contributed by atoms with Gasteiger partial charge in [0, 0.05) is 16.6 Å². The first-order valence-corrected chi connectivity index (χ1v) is 6.92. The van der Waals surface area contributed by atoms with Gasteiger partial charge in [0.15, 0.2) is 0 Å². The second-order valence-corrected chi connectivity index (χ2v) is 5.77. The lowest BCUT2D eigenvalue weighted by atomic mass is 9.83. The van der Waals surface area contributed by atoms with Crippen molar-refractivity contribution < 1.29 is 4.79 Å². The van der Waals surface area contributed by atoms with Crippen LogP contribution in [0.1, 0.15) is 36.8 Å². The van der Waals surface area contributed by atoms with Gasteiger partial charge in [-0.15, -0.1) is 0 Å². The van der Waals surface area contributed by atoms with Crippen LogP contribution in [-0.2, 0) is 4.79 Å². The Balaban J connectivity index is 2.00. The molecule has 92 valence electrons. The molecule has 1 fully saturated rings. The fourth-order valence-corrected chi connectivity index (χ4v) is 2.42. The van der Waals surface area contributed by atoms with E-state index in [-0.39, 0.29) is 5.91 Å². The van der Waals surface area contributed by atoms with E-state index in [4.69, 9.17) is 0 Å². The van der Waals surface area contributed by atoms with Gasteiger partial charge in [0.2, 0.25) is 5.91 Å². The number of nitrogens with one attached hydrogen (secondary N) is 1. The minimum Gasteiger partial charge on any atom is -0.326 e. The molecule has 1 N–H and O–H groups in total. The van der Waals surface area contributed by atoms with Crippen molar-refractivity contribution in [3.63, 3.8) is 0 Å². The second-order valence-electron chi connectivity index (χ2n) is 4.97. The Bertz CT molecular complexity index is 415. The Labute approximate surface area is 111 Å². The Morgan fingerprint density at radius 3 is 2.41 bits per heavy atom. The lowest BCUT2D eigenvalue weighted by molar-refractivity contribution is -0.117. The fraction of sp³-hybridized carbons (Fsp3) is 0.500. The summed E-state index contributed by atoms with van der Waals surface area (Å²) in [7, 11) is 0. The molecule has 17 heavy (non-hydrogen) atoms. The van der Waals surface area contributed by atoms with Gasteiger partial charge in [-0.25, -0.2) is 0 Å². The molecule has 2 nitrogen and oxygen atoms in total. The maximum atomic E-state index is 11.8. The summed E-state index contributed by atoms with van der Waals surface area (Å²) in [6, 6.07) is 4.02. The number of benzene rings is 1. The zero-order valence-corrected chi connectivity index (χ0v) is 11.9. The van der Waals surface area contributed by atoms with E-state index in [0.29, 0.717) is 12.3 Å². The quantitative estimate of drug-likeness (QED) is 0.890. The van der Waals surface area contributed by atoms with Crippen molar-refractivity contribution in [2.24, 2.45) is 5.92 Å². The summed E-state index contributed by atoms with van der Waals surface area (Å²) in [5.74, 6) is 0.767. The van der Waals surface area contributed by atoms with Crippen LogP contribution in [0.3, 0.4) is 0 Å². The highest BCUT2D eigenvalue weighted by atomic mass is 79.9. The van der Waals surface area contributed by atoms with Crippen molar-refractivity contribution in [3.8, 4) is 0 Å². The van der Waals surface area contributed by atoms with Gasteiger partial charge in [-0.1, -0.05) is 22.4 Å². The van der Waals surface area contributed by atoms with Gasteiger partial charge in [-0.05, 0) is 55.9 Å². The van der Waals surface area contributed by atoms with E-state index in [1.54, 1.807) is 0 Å². The van der Waals surface area contributed by atoms with E-state index in [9.17, 15) is 4.79 Å². The van der Waals surface area contributed by atoms with Gasteiger partial charge in [-0.2, -0.15) is 0 Å². The van der Waals surface area contributed by atoms with Crippen molar-refractivity contribution in [1.29, 1.82) is 0 Å². The van der Waals surface area contributed by atoms with Crippen LogP contribution in [0.4, 0.5) is 5.69 Å². The third kappa shape index (κ3) is 3.09. The first-order valence-electron chi connectivity index (χ1n) is 6.13. The molecule has 0 saturated heterocycles. The molecule has 2 rings (SSSR count). The Hall–Kier alpha value is -0.830. The molecule has 1 amide bonds. The molecule has 0 unspecified atom stereocenters. The topological polar surface area (TPSA) is 29.1 Å². The molecule has 1 aliphatic rings. The molecular formula is C14H18BrNO. The third-order valence-corrected chi connectivity index (χ3v) is 4.67. The first-order chi connectivity index (χ1) is 8.06. The maximum absolute atomic E-state index is 11.8. The van der Waals surface area contributed by atoms with Crippen molar-refractivity contribution >= 4 is 27.5 Å². The van der Waals surface area contributed by atoms with Crippen molar-refractivity contribution in [1.82, 2.24) is 0 Å². The number of hydrogen-bond donors (Lipinski definition) is 1. The molecule has 1 saturated carbocycles. The predicted octanol–water partition coefficient (Wildman–Crippen LogP) is 4.19. The van der Waals surface area contributed by atoms with Gasteiger partial charge >= 0.3 is 0 Å². The van der Waals surface area contributed by atoms with Gasteiger partial charge in [0.05, 0.1) is 0 Å². The van der Waals surface area contributed by atoms with Gasteiger partial charge in [0.25, 0.3) is 0 Å². The van der Waals surface area contributed by atoms with E-state index >= 15 is 0 Å². The lowest BCUT2D eigenvalue weighted by Crippen LogP contribution is -2.20. The Kier molecular flexibility index (Phi) is 3.87. The summed E-state index contributed by atoms with van der Waals surface area (Å²) in [5.41, 5.74) is 3.22. The number of aryl methyl sites for hydroxylation is 2. The molecule has 1 aliphatic carbocycles. The number of anilines is 1. The molecule has 1 aromatic rings. The van der Waals surface area contributed by atoms with Crippen LogP contribution >= 0.6 is 15.9 Å². The van der Waals surface area contributed by atoms with E-state index in [2.05, 4.69) is 21.2 Å². The van der Waals surface area contributed by atoms with Crippen LogP contribution in [0, 0.1) is 19.8 Å². The zero-order chi connectivity index (χ0) is 12.4. The summed E-state index contributed by atoms with van der Waals surface area (Å²) in [6.07, 6.45) is 4.39. The third-order valence-electron chi connectivity index (χ3n) is 3.42. The number of carbonyl (C=O) groups excluding carboxylic acids is 1. The van der Waals surface area contributed by atoms with E-state index in [1.807, 2.05) is 26.0 Å². The zero-order valence-electron chi connectivity index (χ0n) is 10.3. The highest BCUT2D eigenvalue weighted by Gasteiger charge is 2.20. The van der Waals surface area contributed by atoms with Crippen molar-refractivity contribution in [3.05, 3.63) is 27.7 Å². The average Bonchev–Trinajstić information content (AvgIpc) is 2.20. The van der Waals surface area contributed by atoms with E-state index < -0.39 is 0 Å². The Morgan fingerprint density at radius 2 is 1.94 bits per heavy atom. The number of rotatable bonds is 3. The second kappa shape index (κ2) is 5.21. The molecule has 0 bridgehead atoms. The fourth-order valence-electron chi connectivity index (χ4n) is 2.19. The standard InChI is InChI=1S/C14H18BrNO/c1-9-6-12(7-10(2)14(9)15)16-13(17)8-11-4-3-5-11/h6-7,11H,3-5,8H2,1-2H3,(H,16,17). The van der Waals surface area contributed by atoms with Crippen LogP contribution in [-0.4, -0.2) is 5.91 Å². The van der Waals surface area contributed by atoms with Crippen LogP contribution in [0.2, 0.25) is 0 Å².